The third-order valence-electron chi connectivity index (χ3n) is 4.96. The number of hydrogen-bond donors (Lipinski definition) is 0. The summed E-state index contributed by atoms with van der Waals surface area (Å²) in [4.78, 5) is 17.0. The molecule has 0 unspecified atom stereocenters. The maximum absolute atomic E-state index is 12.6. The first-order chi connectivity index (χ1) is 11.6. The molecule has 24 heavy (non-hydrogen) atoms. The summed E-state index contributed by atoms with van der Waals surface area (Å²) in [6.45, 7) is 4.55. The number of hydrogen-bond acceptors (Lipinski definition) is 2. The lowest BCUT2D eigenvalue weighted by atomic mass is 9.97. The number of allylic oxidation sites excluding steroid dienone is 1. The molecule has 5 heteroatoms. The minimum Gasteiger partial charge on any atom is -0.336 e. The van der Waals surface area contributed by atoms with Gasteiger partial charge in [0.25, 0.3) is 5.91 Å². The van der Waals surface area contributed by atoms with E-state index >= 15 is 0 Å². The van der Waals surface area contributed by atoms with Gasteiger partial charge in [-0.25, -0.2) is 0 Å². The van der Waals surface area contributed by atoms with Crippen molar-refractivity contribution in [3.63, 3.8) is 0 Å². The van der Waals surface area contributed by atoms with Gasteiger partial charge in [0, 0.05) is 38.3 Å². The summed E-state index contributed by atoms with van der Waals surface area (Å²) in [5.74, 6) is 0.0446. The molecule has 1 aromatic rings. The van der Waals surface area contributed by atoms with Gasteiger partial charge in [0.15, 0.2) is 0 Å². The van der Waals surface area contributed by atoms with Crippen LogP contribution in [0.1, 0.15) is 42.5 Å². The molecule has 1 aromatic carbocycles. The van der Waals surface area contributed by atoms with E-state index in [0.717, 1.165) is 32.7 Å². The Morgan fingerprint density at radius 1 is 1.04 bits per heavy atom. The van der Waals surface area contributed by atoms with Gasteiger partial charge in [-0.1, -0.05) is 34.9 Å². The Hall–Kier alpha value is -1.03. The quantitative estimate of drug-likeness (QED) is 0.724. The van der Waals surface area contributed by atoms with Gasteiger partial charge in [-0.2, -0.15) is 0 Å². The summed E-state index contributed by atoms with van der Waals surface area (Å²) in [5.41, 5.74) is 2.24. The van der Waals surface area contributed by atoms with Gasteiger partial charge in [0.1, 0.15) is 0 Å². The first-order valence-corrected chi connectivity index (χ1v) is 9.53. The Kier molecular flexibility index (Phi) is 6.20. The lowest BCUT2D eigenvalue weighted by Crippen LogP contribution is -2.48. The smallest absolute Gasteiger partial charge is 0.253 e. The predicted molar refractivity (Wildman–Crippen MR) is 100.0 cm³/mol. The van der Waals surface area contributed by atoms with Gasteiger partial charge in [0.05, 0.1) is 10.0 Å². The Labute approximate surface area is 154 Å². The molecular formula is C19H24Cl2N2O. The maximum atomic E-state index is 12.6. The Morgan fingerprint density at radius 2 is 1.83 bits per heavy atom. The second kappa shape index (κ2) is 8.37. The lowest BCUT2D eigenvalue weighted by Gasteiger charge is -2.35. The van der Waals surface area contributed by atoms with Crippen LogP contribution in [0.3, 0.4) is 0 Å². The van der Waals surface area contributed by atoms with Gasteiger partial charge in [0.2, 0.25) is 0 Å². The first kappa shape index (κ1) is 17.8. The topological polar surface area (TPSA) is 23.6 Å². The fraction of sp³-hybridized carbons (Fsp3) is 0.526. The molecule has 0 N–H and O–H groups in total. The SMILES string of the molecule is O=C(c1ccc(Cl)c(Cl)c1)N1CCN(CCC2=CCCCC2)CC1. The van der Waals surface area contributed by atoms with Crippen LogP contribution in [0.25, 0.3) is 0 Å². The van der Waals surface area contributed by atoms with Crippen molar-refractivity contribution in [2.24, 2.45) is 0 Å². The Bertz CT molecular complexity index is 622. The summed E-state index contributed by atoms with van der Waals surface area (Å²) < 4.78 is 0. The van der Waals surface area contributed by atoms with Gasteiger partial charge >= 0.3 is 0 Å². The largest absolute Gasteiger partial charge is 0.336 e. The highest BCUT2D eigenvalue weighted by Crippen LogP contribution is 2.24. The first-order valence-electron chi connectivity index (χ1n) is 8.78. The third kappa shape index (κ3) is 4.53. The molecule has 1 aliphatic heterocycles. The maximum Gasteiger partial charge on any atom is 0.253 e. The van der Waals surface area contributed by atoms with Crippen LogP contribution < -0.4 is 0 Å². The molecule has 3 nitrogen and oxygen atoms in total. The molecule has 0 bridgehead atoms. The van der Waals surface area contributed by atoms with Crippen LogP contribution in [0.15, 0.2) is 29.8 Å². The van der Waals surface area contributed by atoms with Crippen molar-refractivity contribution in [3.05, 3.63) is 45.5 Å². The van der Waals surface area contributed by atoms with Gasteiger partial charge < -0.3 is 4.90 Å². The number of carbonyl (C=O) groups is 1. The second-order valence-corrected chi connectivity index (χ2v) is 7.44. The molecule has 1 heterocycles. The normalized spacial score (nSPS) is 19.2. The Balaban J connectivity index is 1.48. The van der Waals surface area contributed by atoms with Crippen molar-refractivity contribution in [2.75, 3.05) is 32.7 Å². The molecule has 0 aromatic heterocycles. The highest BCUT2D eigenvalue weighted by molar-refractivity contribution is 6.42. The highest BCUT2D eigenvalue weighted by Gasteiger charge is 2.22. The molecule has 0 saturated carbocycles. The Morgan fingerprint density at radius 3 is 2.50 bits per heavy atom. The molecule has 0 radical (unpaired) electrons. The lowest BCUT2D eigenvalue weighted by molar-refractivity contribution is 0.0638. The molecule has 1 fully saturated rings. The van der Waals surface area contributed by atoms with Crippen molar-refractivity contribution in [1.82, 2.24) is 9.80 Å². The van der Waals surface area contributed by atoms with Crippen molar-refractivity contribution < 1.29 is 4.79 Å². The number of benzene rings is 1. The number of amides is 1. The van der Waals surface area contributed by atoms with E-state index in [0.29, 0.717) is 15.6 Å². The van der Waals surface area contributed by atoms with E-state index in [1.54, 1.807) is 23.8 Å². The van der Waals surface area contributed by atoms with Crippen LogP contribution in [-0.4, -0.2) is 48.4 Å². The zero-order valence-corrected chi connectivity index (χ0v) is 15.5. The number of nitrogens with zero attached hydrogens (tertiary/aromatic N) is 2. The van der Waals surface area contributed by atoms with Crippen LogP contribution in [0, 0.1) is 0 Å². The van der Waals surface area contributed by atoms with E-state index in [1.807, 2.05) is 4.90 Å². The number of piperazine rings is 1. The van der Waals surface area contributed by atoms with Crippen molar-refractivity contribution in [3.8, 4) is 0 Å². The molecule has 0 spiro atoms. The van der Waals surface area contributed by atoms with Gasteiger partial charge in [-0.15, -0.1) is 0 Å². The molecule has 1 aliphatic carbocycles. The van der Waals surface area contributed by atoms with E-state index in [4.69, 9.17) is 23.2 Å². The van der Waals surface area contributed by atoms with E-state index < -0.39 is 0 Å². The van der Waals surface area contributed by atoms with Crippen molar-refractivity contribution >= 4 is 29.1 Å². The van der Waals surface area contributed by atoms with Crippen LogP contribution in [-0.2, 0) is 0 Å². The molecule has 0 atom stereocenters. The molecular weight excluding hydrogens is 343 g/mol. The number of carbonyl (C=O) groups excluding carboxylic acids is 1. The summed E-state index contributed by atoms with van der Waals surface area (Å²) in [6.07, 6.45) is 8.82. The fourth-order valence-electron chi connectivity index (χ4n) is 3.42. The standard InChI is InChI=1S/C19H24Cl2N2O/c20-17-7-6-16(14-18(17)21)19(24)23-12-10-22(11-13-23)9-8-15-4-2-1-3-5-15/h4,6-7,14H,1-3,5,8-13H2. The molecule has 130 valence electrons. The molecule has 2 aliphatic rings. The number of rotatable bonds is 4. The molecule has 1 amide bonds. The number of halogens is 2. The fourth-order valence-corrected chi connectivity index (χ4v) is 3.72. The average molecular weight is 367 g/mol. The monoisotopic (exact) mass is 366 g/mol. The highest BCUT2D eigenvalue weighted by atomic mass is 35.5. The van der Waals surface area contributed by atoms with Crippen LogP contribution >= 0.6 is 23.2 Å². The summed E-state index contributed by atoms with van der Waals surface area (Å²) in [5, 5.41) is 0.914. The van der Waals surface area contributed by atoms with Crippen LogP contribution in [0.5, 0.6) is 0 Å². The summed E-state index contributed by atoms with van der Waals surface area (Å²) >= 11 is 11.9. The minimum absolute atomic E-state index is 0.0446. The average Bonchev–Trinajstić information content (AvgIpc) is 2.63. The van der Waals surface area contributed by atoms with E-state index in [9.17, 15) is 4.79 Å². The minimum atomic E-state index is 0.0446. The van der Waals surface area contributed by atoms with Crippen LogP contribution in [0.2, 0.25) is 10.0 Å². The van der Waals surface area contributed by atoms with Crippen molar-refractivity contribution in [2.45, 2.75) is 32.1 Å². The van der Waals surface area contributed by atoms with Crippen LogP contribution in [0.4, 0.5) is 0 Å². The zero-order valence-electron chi connectivity index (χ0n) is 13.9. The van der Waals surface area contributed by atoms with E-state index in [-0.39, 0.29) is 5.91 Å². The second-order valence-electron chi connectivity index (χ2n) is 6.62. The van der Waals surface area contributed by atoms with E-state index in [2.05, 4.69) is 11.0 Å². The van der Waals surface area contributed by atoms with Gasteiger partial charge in [-0.3, -0.25) is 9.69 Å². The molecule has 3 rings (SSSR count). The summed E-state index contributed by atoms with van der Waals surface area (Å²) in [7, 11) is 0. The summed E-state index contributed by atoms with van der Waals surface area (Å²) in [6, 6.07) is 5.10. The predicted octanol–water partition coefficient (Wildman–Crippen LogP) is 4.64. The van der Waals surface area contributed by atoms with Crippen molar-refractivity contribution in [1.29, 1.82) is 0 Å². The third-order valence-corrected chi connectivity index (χ3v) is 5.70. The van der Waals surface area contributed by atoms with Gasteiger partial charge in [-0.05, 0) is 50.3 Å². The zero-order chi connectivity index (χ0) is 16.9. The van der Waals surface area contributed by atoms with E-state index in [1.165, 1.54) is 32.1 Å². The molecule has 1 saturated heterocycles.